The third kappa shape index (κ3) is 3.35. The van der Waals surface area contributed by atoms with Crippen LogP contribution >= 0.6 is 28.3 Å². The van der Waals surface area contributed by atoms with Crippen LogP contribution in [0.15, 0.2) is 28.7 Å². The van der Waals surface area contributed by atoms with Gasteiger partial charge in [0.1, 0.15) is 5.54 Å². The molecule has 1 heterocycles. The number of halogens is 2. The van der Waals surface area contributed by atoms with E-state index in [1.54, 1.807) is 6.92 Å². The van der Waals surface area contributed by atoms with Gasteiger partial charge >= 0.3 is 0 Å². The van der Waals surface area contributed by atoms with Gasteiger partial charge in [-0.1, -0.05) is 41.9 Å². The summed E-state index contributed by atoms with van der Waals surface area (Å²) in [6, 6.07) is 7.65. The fourth-order valence-electron chi connectivity index (χ4n) is 2.54. The number of nitrogens with zero attached hydrogens (tertiary/aromatic N) is 1. The van der Waals surface area contributed by atoms with Crippen molar-refractivity contribution in [2.45, 2.75) is 26.3 Å². The largest absolute Gasteiger partial charge is 0.340 e. The van der Waals surface area contributed by atoms with E-state index in [0.29, 0.717) is 11.8 Å². The van der Waals surface area contributed by atoms with Crippen LogP contribution in [0, 0.1) is 11.8 Å². The second-order valence-electron chi connectivity index (χ2n) is 5.87. The van der Waals surface area contributed by atoms with Gasteiger partial charge in [-0.05, 0) is 36.5 Å². The first-order valence-corrected chi connectivity index (χ1v) is 7.46. The summed E-state index contributed by atoms with van der Waals surface area (Å²) >= 11 is 3.40. The second-order valence-corrected chi connectivity index (χ2v) is 6.79. The Morgan fingerprint density at radius 2 is 1.70 bits per heavy atom. The molecule has 20 heavy (non-hydrogen) atoms. The Labute approximate surface area is 135 Å². The van der Waals surface area contributed by atoms with Crippen molar-refractivity contribution < 1.29 is 4.79 Å². The van der Waals surface area contributed by atoms with Crippen molar-refractivity contribution in [3.05, 3.63) is 34.3 Å². The first-order chi connectivity index (χ1) is 8.82. The molecule has 1 aromatic carbocycles. The normalized spacial score (nSPS) is 24.9. The highest BCUT2D eigenvalue weighted by molar-refractivity contribution is 9.10. The monoisotopic (exact) mass is 360 g/mol. The molecule has 1 aromatic rings. The zero-order valence-corrected chi connectivity index (χ0v) is 14.5. The van der Waals surface area contributed by atoms with Gasteiger partial charge < -0.3 is 10.6 Å². The molecule has 2 N–H and O–H groups in total. The fraction of sp³-hybridized carbons (Fsp3) is 0.533. The molecule has 0 spiro atoms. The number of carbonyl (C=O) groups is 1. The Bertz CT molecular complexity index is 465. The molecule has 0 bridgehead atoms. The summed E-state index contributed by atoms with van der Waals surface area (Å²) in [4.78, 5) is 14.5. The smallest absolute Gasteiger partial charge is 0.246 e. The molecule has 1 aliphatic rings. The third-order valence-corrected chi connectivity index (χ3v) is 4.69. The van der Waals surface area contributed by atoms with Crippen LogP contribution in [0.4, 0.5) is 0 Å². The summed E-state index contributed by atoms with van der Waals surface area (Å²) < 4.78 is 0.989. The minimum Gasteiger partial charge on any atom is -0.340 e. The SMILES string of the molecule is CC1CN(C(=O)C(C)(N)c2ccc(Br)cc2)CC1C.Cl. The third-order valence-electron chi connectivity index (χ3n) is 4.16. The van der Waals surface area contributed by atoms with Gasteiger partial charge in [0.2, 0.25) is 5.91 Å². The molecule has 1 saturated heterocycles. The van der Waals surface area contributed by atoms with Crippen molar-refractivity contribution in [2.75, 3.05) is 13.1 Å². The summed E-state index contributed by atoms with van der Waals surface area (Å²) in [7, 11) is 0. The Kier molecular flexibility index (Phi) is 5.64. The number of likely N-dealkylation sites (tertiary alicyclic amines) is 1. The maximum atomic E-state index is 12.6. The maximum Gasteiger partial charge on any atom is 0.246 e. The summed E-state index contributed by atoms with van der Waals surface area (Å²) in [5.74, 6) is 1.11. The summed E-state index contributed by atoms with van der Waals surface area (Å²) in [5, 5.41) is 0. The fourth-order valence-corrected chi connectivity index (χ4v) is 2.81. The predicted octanol–water partition coefficient (Wildman–Crippen LogP) is 3.16. The quantitative estimate of drug-likeness (QED) is 0.879. The molecule has 112 valence electrons. The minimum atomic E-state index is -0.954. The van der Waals surface area contributed by atoms with Crippen LogP contribution in [0.3, 0.4) is 0 Å². The lowest BCUT2D eigenvalue weighted by Crippen LogP contribution is -2.50. The first-order valence-electron chi connectivity index (χ1n) is 6.66. The van der Waals surface area contributed by atoms with Gasteiger partial charge in [-0.3, -0.25) is 4.79 Å². The van der Waals surface area contributed by atoms with Crippen LogP contribution in [0.25, 0.3) is 0 Å². The number of carbonyl (C=O) groups excluding carboxylic acids is 1. The van der Waals surface area contributed by atoms with Gasteiger partial charge in [0.25, 0.3) is 0 Å². The van der Waals surface area contributed by atoms with E-state index < -0.39 is 5.54 Å². The molecule has 3 unspecified atom stereocenters. The van der Waals surface area contributed by atoms with E-state index in [1.165, 1.54) is 0 Å². The van der Waals surface area contributed by atoms with E-state index in [9.17, 15) is 4.79 Å². The van der Waals surface area contributed by atoms with E-state index in [2.05, 4.69) is 29.8 Å². The number of benzene rings is 1. The lowest BCUT2D eigenvalue weighted by Gasteiger charge is -2.29. The molecule has 1 amide bonds. The van der Waals surface area contributed by atoms with Crippen LogP contribution in [0.2, 0.25) is 0 Å². The molecular formula is C15H22BrClN2O. The highest BCUT2D eigenvalue weighted by atomic mass is 79.9. The molecule has 1 aliphatic heterocycles. The van der Waals surface area contributed by atoms with Gasteiger partial charge in [-0.25, -0.2) is 0 Å². The van der Waals surface area contributed by atoms with Crippen molar-refractivity contribution in [3.63, 3.8) is 0 Å². The van der Waals surface area contributed by atoms with Gasteiger partial charge in [-0.2, -0.15) is 0 Å². The zero-order valence-electron chi connectivity index (χ0n) is 12.1. The molecule has 3 atom stereocenters. The molecule has 0 aliphatic carbocycles. The molecule has 2 rings (SSSR count). The van der Waals surface area contributed by atoms with Gasteiger partial charge in [0.15, 0.2) is 0 Å². The molecule has 5 heteroatoms. The Morgan fingerprint density at radius 1 is 1.25 bits per heavy atom. The highest BCUT2D eigenvalue weighted by Gasteiger charge is 2.38. The Balaban J connectivity index is 0.00000200. The topological polar surface area (TPSA) is 46.3 Å². The number of hydrogen-bond acceptors (Lipinski definition) is 2. The minimum absolute atomic E-state index is 0. The standard InChI is InChI=1S/C15H21BrN2O.ClH/c1-10-8-18(9-11(10)2)14(19)15(3,17)12-4-6-13(16)7-5-12;/h4-7,10-11H,8-9,17H2,1-3H3;1H. The lowest BCUT2D eigenvalue weighted by atomic mass is 9.92. The van der Waals surface area contributed by atoms with Crippen molar-refractivity contribution in [1.82, 2.24) is 4.90 Å². The van der Waals surface area contributed by atoms with Crippen molar-refractivity contribution in [3.8, 4) is 0 Å². The van der Waals surface area contributed by atoms with Crippen LogP contribution in [-0.4, -0.2) is 23.9 Å². The van der Waals surface area contributed by atoms with Crippen LogP contribution in [0.1, 0.15) is 26.3 Å². The molecule has 3 nitrogen and oxygen atoms in total. The van der Waals surface area contributed by atoms with Crippen LogP contribution in [-0.2, 0) is 10.3 Å². The molecule has 0 radical (unpaired) electrons. The van der Waals surface area contributed by atoms with Crippen molar-refractivity contribution in [1.29, 1.82) is 0 Å². The number of amides is 1. The molecule has 0 saturated carbocycles. The number of rotatable bonds is 2. The second kappa shape index (κ2) is 6.46. The summed E-state index contributed by atoms with van der Waals surface area (Å²) in [5.41, 5.74) is 6.20. The molecule has 0 aromatic heterocycles. The molecular weight excluding hydrogens is 340 g/mol. The predicted molar refractivity (Wildman–Crippen MR) is 87.8 cm³/mol. The van der Waals surface area contributed by atoms with Crippen molar-refractivity contribution in [2.24, 2.45) is 17.6 Å². The van der Waals surface area contributed by atoms with Gasteiger partial charge in [0.05, 0.1) is 0 Å². The van der Waals surface area contributed by atoms with Gasteiger partial charge in [-0.15, -0.1) is 12.4 Å². The van der Waals surface area contributed by atoms with Crippen LogP contribution in [0.5, 0.6) is 0 Å². The average Bonchev–Trinajstić information content (AvgIpc) is 2.69. The van der Waals surface area contributed by atoms with E-state index in [4.69, 9.17) is 5.73 Å². The van der Waals surface area contributed by atoms with Gasteiger partial charge in [0, 0.05) is 17.6 Å². The maximum absolute atomic E-state index is 12.6. The highest BCUT2D eigenvalue weighted by Crippen LogP contribution is 2.28. The Hall–Kier alpha value is -0.580. The first kappa shape index (κ1) is 17.5. The zero-order chi connectivity index (χ0) is 14.2. The van der Waals surface area contributed by atoms with Crippen LogP contribution < -0.4 is 5.73 Å². The average molecular weight is 362 g/mol. The van der Waals surface area contributed by atoms with E-state index >= 15 is 0 Å². The Morgan fingerprint density at radius 3 is 2.15 bits per heavy atom. The number of nitrogens with two attached hydrogens (primary N) is 1. The summed E-state index contributed by atoms with van der Waals surface area (Å²) in [6.07, 6.45) is 0. The molecule has 1 fully saturated rings. The van der Waals surface area contributed by atoms with Crippen molar-refractivity contribution >= 4 is 34.2 Å². The lowest BCUT2D eigenvalue weighted by molar-refractivity contribution is -0.135. The van der Waals surface area contributed by atoms with E-state index in [1.807, 2.05) is 29.2 Å². The summed E-state index contributed by atoms with van der Waals surface area (Å²) in [6.45, 7) is 7.79. The van der Waals surface area contributed by atoms with E-state index in [-0.39, 0.29) is 18.3 Å². The van der Waals surface area contributed by atoms with E-state index in [0.717, 1.165) is 23.1 Å². The number of hydrogen-bond donors (Lipinski definition) is 1.